The van der Waals surface area contributed by atoms with Crippen molar-refractivity contribution in [2.45, 2.75) is 6.82 Å². The predicted molar refractivity (Wildman–Crippen MR) is 51.9 cm³/mol. The lowest BCUT2D eigenvalue weighted by Crippen LogP contribution is -2.34. The second-order valence-electron chi connectivity index (χ2n) is 2.37. The van der Waals surface area contributed by atoms with E-state index >= 15 is 0 Å². The summed E-state index contributed by atoms with van der Waals surface area (Å²) in [5.41, 5.74) is 0.748. The van der Waals surface area contributed by atoms with Gasteiger partial charge in [0, 0.05) is 5.46 Å². The highest BCUT2D eigenvalue weighted by molar-refractivity contribution is 6.64. The summed E-state index contributed by atoms with van der Waals surface area (Å²) >= 11 is 0. The molecule has 0 aliphatic heterocycles. The van der Waals surface area contributed by atoms with Crippen molar-refractivity contribution in [3.8, 4) is 0 Å². The van der Waals surface area contributed by atoms with E-state index < -0.39 is 6.85 Å². The average Bonchev–Trinajstić information content (AvgIpc) is 2.05. The van der Waals surface area contributed by atoms with Gasteiger partial charge in [-0.3, -0.25) is 10.1 Å². The minimum absolute atomic E-state index is 0. The zero-order valence-electron chi connectivity index (χ0n) is 7.23. The number of nitrogens with zero attached hydrogens (tertiary/aromatic N) is 1. The Morgan fingerprint density at radius 1 is 1.23 bits per heavy atom. The highest BCUT2D eigenvalue weighted by Crippen LogP contribution is 1.88. The van der Waals surface area contributed by atoms with Gasteiger partial charge in [-0.05, 0) is 6.82 Å². The van der Waals surface area contributed by atoms with Gasteiger partial charge >= 0.3 is 6.85 Å². The Morgan fingerprint density at radius 2 is 1.69 bits per heavy atom. The van der Waals surface area contributed by atoms with E-state index in [1.807, 2.05) is 6.07 Å². The van der Waals surface area contributed by atoms with E-state index in [1.165, 1.54) is 0 Å². The standard InChI is InChI=1S/C7H8BNO2.2H2O/c1-8(9(10)11)7-5-3-2-4-6-7;;/h2-6H,1H3;2*1H2. The SMILES string of the molecule is CB(c1ccccc1)[N+](=O)[O-].O.O. The van der Waals surface area contributed by atoms with Gasteiger partial charge < -0.3 is 11.0 Å². The van der Waals surface area contributed by atoms with Gasteiger partial charge in [0.2, 0.25) is 0 Å². The van der Waals surface area contributed by atoms with E-state index in [0.29, 0.717) is 0 Å². The van der Waals surface area contributed by atoms with Crippen LogP contribution >= 0.6 is 0 Å². The fraction of sp³-hybridized carbons (Fsp3) is 0.143. The second kappa shape index (κ2) is 6.16. The number of hydrogen-bond acceptors (Lipinski definition) is 2. The number of benzene rings is 1. The lowest BCUT2D eigenvalue weighted by atomic mass is 9.59. The molecule has 0 atom stereocenters. The molecule has 0 amide bonds. The second-order valence-corrected chi connectivity index (χ2v) is 2.37. The molecule has 0 bridgehead atoms. The Bertz CT molecular complexity index is 254. The topological polar surface area (TPSA) is 106 Å². The van der Waals surface area contributed by atoms with Crippen molar-refractivity contribution >= 4 is 12.3 Å². The zero-order valence-corrected chi connectivity index (χ0v) is 7.23. The van der Waals surface area contributed by atoms with Crippen LogP contribution in [-0.4, -0.2) is 22.6 Å². The van der Waals surface area contributed by atoms with E-state index in [1.54, 1.807) is 31.1 Å². The number of rotatable bonds is 2. The first-order valence-corrected chi connectivity index (χ1v) is 3.40. The average molecular weight is 185 g/mol. The van der Waals surface area contributed by atoms with Crippen LogP contribution in [0.4, 0.5) is 0 Å². The number of nitro groups is 1. The van der Waals surface area contributed by atoms with Gasteiger partial charge in [-0.15, -0.1) is 0 Å². The van der Waals surface area contributed by atoms with E-state index in [4.69, 9.17) is 0 Å². The lowest BCUT2D eigenvalue weighted by Gasteiger charge is -1.96. The molecule has 0 unspecified atom stereocenters. The van der Waals surface area contributed by atoms with Crippen molar-refractivity contribution in [1.82, 2.24) is 0 Å². The molecule has 1 aromatic rings. The van der Waals surface area contributed by atoms with Crippen LogP contribution in [0.2, 0.25) is 6.82 Å². The largest absolute Gasteiger partial charge is 0.580 e. The molecular formula is C7H12BNO4. The highest BCUT2D eigenvalue weighted by Gasteiger charge is 2.25. The quantitative estimate of drug-likeness (QED) is 0.339. The molecule has 72 valence electrons. The predicted octanol–water partition coefficient (Wildman–Crippen LogP) is -0.858. The van der Waals surface area contributed by atoms with Crippen LogP contribution in [0, 0.1) is 10.1 Å². The molecule has 0 saturated heterocycles. The minimum atomic E-state index is -0.601. The van der Waals surface area contributed by atoms with Crippen molar-refractivity contribution < 1.29 is 15.8 Å². The summed E-state index contributed by atoms with van der Waals surface area (Å²) in [6, 6.07) is 8.96. The van der Waals surface area contributed by atoms with E-state index in [9.17, 15) is 10.1 Å². The molecule has 0 aliphatic carbocycles. The van der Waals surface area contributed by atoms with Crippen LogP contribution in [0.5, 0.6) is 0 Å². The van der Waals surface area contributed by atoms with Crippen molar-refractivity contribution in [2.75, 3.05) is 0 Å². The smallest absolute Gasteiger partial charge is 0.412 e. The molecule has 1 aromatic carbocycles. The van der Waals surface area contributed by atoms with Crippen LogP contribution in [-0.2, 0) is 0 Å². The summed E-state index contributed by atoms with van der Waals surface area (Å²) in [4.78, 5) is 10.0. The van der Waals surface area contributed by atoms with Gasteiger partial charge in [-0.1, -0.05) is 35.2 Å². The van der Waals surface area contributed by atoms with Crippen LogP contribution in [0.25, 0.3) is 0 Å². The van der Waals surface area contributed by atoms with Gasteiger partial charge in [0.25, 0.3) is 0 Å². The van der Waals surface area contributed by atoms with Crippen LogP contribution in [0.3, 0.4) is 0 Å². The van der Waals surface area contributed by atoms with Crippen LogP contribution in [0.1, 0.15) is 0 Å². The first-order chi connectivity index (χ1) is 5.22. The van der Waals surface area contributed by atoms with Crippen molar-refractivity contribution in [1.29, 1.82) is 0 Å². The van der Waals surface area contributed by atoms with Gasteiger partial charge in [0.15, 0.2) is 0 Å². The molecular weight excluding hydrogens is 173 g/mol. The molecule has 1 rings (SSSR count). The van der Waals surface area contributed by atoms with Gasteiger partial charge in [0.1, 0.15) is 0 Å². The highest BCUT2D eigenvalue weighted by atomic mass is 16.6. The van der Waals surface area contributed by atoms with Crippen molar-refractivity contribution in [2.24, 2.45) is 0 Å². The molecule has 4 N–H and O–H groups in total. The van der Waals surface area contributed by atoms with Crippen LogP contribution in [0.15, 0.2) is 30.3 Å². The molecule has 5 nitrogen and oxygen atoms in total. The first kappa shape index (κ1) is 14.1. The Labute approximate surface area is 76.3 Å². The number of hydrogen-bond donors (Lipinski definition) is 0. The summed E-state index contributed by atoms with van der Waals surface area (Å²) in [5, 5.41) is 10.3. The minimum Gasteiger partial charge on any atom is -0.412 e. The molecule has 0 saturated carbocycles. The molecule has 0 spiro atoms. The molecule has 0 aliphatic rings. The Balaban J connectivity index is 0. The summed E-state index contributed by atoms with van der Waals surface area (Å²) in [7, 11) is 0. The Hall–Kier alpha value is -1.40. The van der Waals surface area contributed by atoms with E-state index in [2.05, 4.69) is 0 Å². The zero-order chi connectivity index (χ0) is 8.27. The maximum absolute atomic E-state index is 10.3. The maximum atomic E-state index is 10.3. The molecule has 6 heteroatoms. The fourth-order valence-electron chi connectivity index (χ4n) is 0.853. The Morgan fingerprint density at radius 3 is 2.08 bits per heavy atom. The third-order valence-electron chi connectivity index (χ3n) is 1.60. The molecule has 0 fully saturated rings. The summed E-state index contributed by atoms with van der Waals surface area (Å²) in [5.74, 6) is 0. The summed E-state index contributed by atoms with van der Waals surface area (Å²) in [6.45, 7) is 0.978. The Kier molecular flexibility index (Phi) is 6.70. The van der Waals surface area contributed by atoms with E-state index in [-0.39, 0.29) is 15.8 Å². The molecule has 0 radical (unpaired) electrons. The third kappa shape index (κ3) is 3.68. The molecule has 0 heterocycles. The monoisotopic (exact) mass is 185 g/mol. The van der Waals surface area contributed by atoms with E-state index in [0.717, 1.165) is 5.46 Å². The lowest BCUT2D eigenvalue weighted by molar-refractivity contribution is -0.327. The normalized spacial score (nSPS) is 7.77. The summed E-state index contributed by atoms with van der Waals surface area (Å²) < 4.78 is 0. The third-order valence-corrected chi connectivity index (χ3v) is 1.60. The van der Waals surface area contributed by atoms with Crippen LogP contribution < -0.4 is 5.46 Å². The van der Waals surface area contributed by atoms with Crippen molar-refractivity contribution in [3.05, 3.63) is 40.4 Å². The van der Waals surface area contributed by atoms with Gasteiger partial charge in [-0.2, -0.15) is 0 Å². The molecule has 13 heavy (non-hydrogen) atoms. The first-order valence-electron chi connectivity index (χ1n) is 3.40. The summed E-state index contributed by atoms with van der Waals surface area (Å²) in [6.07, 6.45) is 0. The van der Waals surface area contributed by atoms with Crippen molar-refractivity contribution in [3.63, 3.8) is 0 Å². The molecule has 0 aromatic heterocycles. The van der Waals surface area contributed by atoms with Gasteiger partial charge in [0.05, 0.1) is 0 Å². The maximum Gasteiger partial charge on any atom is 0.580 e. The fourth-order valence-corrected chi connectivity index (χ4v) is 0.853. The van der Waals surface area contributed by atoms with Gasteiger partial charge in [-0.25, -0.2) is 0 Å².